The van der Waals surface area contributed by atoms with Crippen molar-refractivity contribution in [2.45, 2.75) is 19.8 Å². The molecule has 4 radical (unpaired) electrons. The Balaban J connectivity index is 0.00000361. The van der Waals surface area contributed by atoms with Gasteiger partial charge in [-0.25, -0.2) is 4.79 Å². The smallest absolute Gasteiger partial charge is 0.333 e. The number of ether oxygens (including phenoxy) is 3. The summed E-state index contributed by atoms with van der Waals surface area (Å²) in [7, 11) is 3.22. The second-order valence-electron chi connectivity index (χ2n) is 4.17. The zero-order chi connectivity index (χ0) is 14.3. The van der Waals surface area contributed by atoms with Crippen LogP contribution in [0.15, 0.2) is 30.4 Å². The third kappa shape index (κ3) is 5.09. The van der Waals surface area contributed by atoms with E-state index in [0.717, 1.165) is 24.2 Å². The molecule has 0 aromatic heterocycles. The number of hydrogen-bond acceptors (Lipinski definition) is 4. The van der Waals surface area contributed by atoms with Crippen LogP contribution in [-0.2, 0) is 16.0 Å². The van der Waals surface area contributed by atoms with Crippen LogP contribution in [-0.4, -0.2) is 37.8 Å². The van der Waals surface area contributed by atoms with Crippen molar-refractivity contribution in [3.8, 4) is 11.5 Å². The van der Waals surface area contributed by atoms with Crippen LogP contribution < -0.4 is 9.47 Å². The summed E-state index contributed by atoms with van der Waals surface area (Å²) in [5.41, 5.74) is 1.45. The van der Waals surface area contributed by atoms with Gasteiger partial charge in [-0.05, 0) is 31.4 Å². The fourth-order valence-electron chi connectivity index (χ4n) is 1.70. The van der Waals surface area contributed by atoms with Gasteiger partial charge in [0.05, 0.1) is 20.8 Å². The van der Waals surface area contributed by atoms with Gasteiger partial charge in [-0.15, -0.1) is 0 Å². The highest BCUT2D eigenvalue weighted by Crippen LogP contribution is 2.31. The van der Waals surface area contributed by atoms with Gasteiger partial charge in [0.2, 0.25) is 0 Å². The monoisotopic (exact) mass is 292 g/mol. The summed E-state index contributed by atoms with van der Waals surface area (Å²) in [5, 5.41) is 0. The minimum Gasteiger partial charge on any atom is -0.493 e. The zero-order valence-electron chi connectivity index (χ0n) is 12.2. The van der Waals surface area contributed by atoms with Crippen molar-refractivity contribution >= 4 is 16.9 Å². The van der Waals surface area contributed by atoms with Crippen LogP contribution in [0.4, 0.5) is 0 Å². The SMILES string of the molecule is C=C(C)C(=O)OCCCc1cccc(OC)c1OC.[Si]. The minimum absolute atomic E-state index is 0. The highest BCUT2D eigenvalue weighted by molar-refractivity contribution is 5.86. The van der Waals surface area contributed by atoms with E-state index in [1.165, 1.54) is 0 Å². The summed E-state index contributed by atoms with van der Waals surface area (Å²) in [6, 6.07) is 5.74. The van der Waals surface area contributed by atoms with Gasteiger partial charge < -0.3 is 14.2 Å². The Bertz CT molecular complexity index is 457. The number of benzene rings is 1. The fraction of sp³-hybridized carbons (Fsp3) is 0.400. The molecule has 1 aromatic carbocycles. The Labute approximate surface area is 124 Å². The highest BCUT2D eigenvalue weighted by Gasteiger charge is 2.09. The first-order valence-corrected chi connectivity index (χ1v) is 6.12. The van der Waals surface area contributed by atoms with Gasteiger partial charge in [-0.1, -0.05) is 18.7 Å². The van der Waals surface area contributed by atoms with Crippen molar-refractivity contribution in [1.29, 1.82) is 0 Å². The van der Waals surface area contributed by atoms with Gasteiger partial charge in [-0.2, -0.15) is 0 Å². The maximum absolute atomic E-state index is 11.2. The first kappa shape index (κ1) is 18.2. The molecule has 0 aliphatic heterocycles. The number of para-hydroxylation sites is 1. The van der Waals surface area contributed by atoms with Gasteiger partial charge in [0, 0.05) is 16.5 Å². The van der Waals surface area contributed by atoms with E-state index in [1.54, 1.807) is 21.1 Å². The summed E-state index contributed by atoms with van der Waals surface area (Å²) >= 11 is 0. The van der Waals surface area contributed by atoms with Gasteiger partial charge in [-0.3, -0.25) is 0 Å². The average molecular weight is 292 g/mol. The number of rotatable bonds is 7. The molecule has 1 aromatic rings. The van der Waals surface area contributed by atoms with Crippen LogP contribution in [0.2, 0.25) is 0 Å². The Hall–Kier alpha value is -1.75. The van der Waals surface area contributed by atoms with Crippen LogP contribution in [0.3, 0.4) is 0 Å². The number of carbonyl (C=O) groups is 1. The summed E-state index contributed by atoms with van der Waals surface area (Å²) in [6.07, 6.45) is 1.48. The summed E-state index contributed by atoms with van der Waals surface area (Å²) < 4.78 is 15.6. The summed E-state index contributed by atoms with van der Waals surface area (Å²) in [5.74, 6) is 1.09. The molecule has 4 nitrogen and oxygen atoms in total. The molecule has 108 valence electrons. The zero-order valence-corrected chi connectivity index (χ0v) is 13.2. The topological polar surface area (TPSA) is 44.8 Å². The lowest BCUT2D eigenvalue weighted by Gasteiger charge is -2.12. The molecule has 5 heteroatoms. The molecule has 0 bridgehead atoms. The first-order chi connectivity index (χ1) is 9.10. The maximum atomic E-state index is 11.2. The molecular formula is C15H20O4Si. The lowest BCUT2D eigenvalue weighted by Crippen LogP contribution is -2.07. The molecule has 0 aliphatic carbocycles. The Kier molecular flexibility index (Phi) is 8.39. The predicted molar refractivity (Wildman–Crippen MR) is 79.4 cm³/mol. The molecule has 0 amide bonds. The van der Waals surface area contributed by atoms with Crippen molar-refractivity contribution < 1.29 is 19.0 Å². The molecule has 0 N–H and O–H groups in total. The molecule has 0 heterocycles. The average Bonchev–Trinajstić information content (AvgIpc) is 2.42. The second-order valence-corrected chi connectivity index (χ2v) is 4.17. The van der Waals surface area contributed by atoms with E-state index in [2.05, 4.69) is 6.58 Å². The van der Waals surface area contributed by atoms with Crippen molar-refractivity contribution in [3.05, 3.63) is 35.9 Å². The van der Waals surface area contributed by atoms with Gasteiger partial charge in [0.1, 0.15) is 0 Å². The summed E-state index contributed by atoms with van der Waals surface area (Å²) in [6.45, 7) is 5.53. The number of methoxy groups -OCH3 is 2. The molecule has 0 aliphatic rings. The standard InChI is InChI=1S/C15H20O4.Si/c1-11(2)15(16)19-10-6-8-12-7-5-9-13(17-3)14(12)18-4;/h5,7,9H,1,6,8,10H2,2-4H3;. The van der Waals surface area contributed by atoms with Gasteiger partial charge >= 0.3 is 5.97 Å². The molecule has 0 atom stereocenters. The molecular weight excluding hydrogens is 272 g/mol. The Morgan fingerprint density at radius 1 is 1.25 bits per heavy atom. The van der Waals surface area contributed by atoms with E-state index in [-0.39, 0.29) is 16.9 Å². The second kappa shape index (κ2) is 9.20. The van der Waals surface area contributed by atoms with Gasteiger partial charge in [0.15, 0.2) is 11.5 Å². The van der Waals surface area contributed by atoms with Crippen LogP contribution in [0.1, 0.15) is 18.9 Å². The quantitative estimate of drug-likeness (QED) is 0.335. The van der Waals surface area contributed by atoms with E-state index in [1.807, 2.05) is 18.2 Å². The molecule has 0 fully saturated rings. The van der Waals surface area contributed by atoms with E-state index >= 15 is 0 Å². The summed E-state index contributed by atoms with van der Waals surface area (Å²) in [4.78, 5) is 11.2. The minimum atomic E-state index is -0.349. The normalized spacial score (nSPS) is 9.35. The van der Waals surface area contributed by atoms with Gasteiger partial charge in [0.25, 0.3) is 0 Å². The molecule has 20 heavy (non-hydrogen) atoms. The number of esters is 1. The largest absolute Gasteiger partial charge is 0.493 e. The molecule has 1 rings (SSSR count). The fourth-order valence-corrected chi connectivity index (χ4v) is 1.70. The predicted octanol–water partition coefficient (Wildman–Crippen LogP) is 2.37. The van der Waals surface area contributed by atoms with Crippen molar-refractivity contribution in [2.24, 2.45) is 0 Å². The van der Waals surface area contributed by atoms with E-state index in [4.69, 9.17) is 14.2 Å². The number of aryl methyl sites for hydroxylation is 1. The highest BCUT2D eigenvalue weighted by atomic mass is 28.1. The number of hydrogen-bond donors (Lipinski definition) is 0. The molecule has 0 saturated heterocycles. The van der Waals surface area contributed by atoms with Crippen LogP contribution in [0, 0.1) is 0 Å². The number of carbonyl (C=O) groups excluding carboxylic acids is 1. The first-order valence-electron chi connectivity index (χ1n) is 6.12. The Morgan fingerprint density at radius 3 is 2.50 bits per heavy atom. The lowest BCUT2D eigenvalue weighted by atomic mass is 10.1. The van der Waals surface area contributed by atoms with E-state index in [0.29, 0.717) is 17.9 Å². The van der Waals surface area contributed by atoms with Crippen molar-refractivity contribution in [1.82, 2.24) is 0 Å². The van der Waals surface area contributed by atoms with Crippen molar-refractivity contribution in [2.75, 3.05) is 20.8 Å². The van der Waals surface area contributed by atoms with E-state index < -0.39 is 0 Å². The molecule has 0 unspecified atom stereocenters. The van der Waals surface area contributed by atoms with Crippen molar-refractivity contribution in [3.63, 3.8) is 0 Å². The third-order valence-electron chi connectivity index (χ3n) is 2.66. The maximum Gasteiger partial charge on any atom is 0.333 e. The molecule has 0 saturated carbocycles. The van der Waals surface area contributed by atoms with E-state index in [9.17, 15) is 4.79 Å². The third-order valence-corrected chi connectivity index (χ3v) is 2.66. The van der Waals surface area contributed by atoms with Crippen LogP contribution in [0.5, 0.6) is 11.5 Å². The Morgan fingerprint density at radius 2 is 1.95 bits per heavy atom. The lowest BCUT2D eigenvalue weighted by molar-refractivity contribution is -0.139. The molecule has 0 spiro atoms. The van der Waals surface area contributed by atoms with Crippen LogP contribution >= 0.6 is 0 Å². The van der Waals surface area contributed by atoms with Crippen LogP contribution in [0.25, 0.3) is 0 Å².